The van der Waals surface area contributed by atoms with E-state index in [1.807, 2.05) is 12.1 Å². The second-order valence-electron chi connectivity index (χ2n) is 5.95. The summed E-state index contributed by atoms with van der Waals surface area (Å²) in [4.78, 5) is 2.13. The molecule has 0 spiro atoms. The summed E-state index contributed by atoms with van der Waals surface area (Å²) >= 11 is 0. The van der Waals surface area contributed by atoms with Crippen LogP contribution in [-0.2, 0) is 14.9 Å². The highest BCUT2D eigenvalue weighted by Crippen LogP contribution is 2.25. The van der Waals surface area contributed by atoms with Crippen LogP contribution in [0.4, 0.5) is 0 Å². The van der Waals surface area contributed by atoms with Crippen molar-refractivity contribution in [3.63, 3.8) is 0 Å². The van der Waals surface area contributed by atoms with Gasteiger partial charge in [-0.05, 0) is 25.2 Å². The Morgan fingerprint density at radius 2 is 1.46 bits per heavy atom. The summed E-state index contributed by atoms with van der Waals surface area (Å²) in [7, 11) is 0.319. The first kappa shape index (κ1) is 22.3. The fourth-order valence-corrected chi connectivity index (χ4v) is 2.44. The summed E-state index contributed by atoms with van der Waals surface area (Å²) in [5.41, 5.74) is 7.18. The molecule has 0 fully saturated rings. The zero-order valence-electron chi connectivity index (χ0n) is 15.3. The molecule has 0 heterocycles. The summed E-state index contributed by atoms with van der Waals surface area (Å²) in [5, 5.41) is 0. The van der Waals surface area contributed by atoms with Crippen LogP contribution in [0.3, 0.4) is 0 Å². The minimum absolute atomic E-state index is 0.0161. The highest BCUT2D eigenvalue weighted by Gasteiger charge is 2.13. The Morgan fingerprint density at radius 3 is 1.77 bits per heavy atom. The zero-order chi connectivity index (χ0) is 19.4. The van der Waals surface area contributed by atoms with E-state index in [9.17, 15) is 8.42 Å². The first-order valence-corrected chi connectivity index (χ1v) is 9.96. The third-order valence-electron chi connectivity index (χ3n) is 3.40. The number of likely N-dealkylation sites (N-methyl/N-ethyl adjacent to an activating group) is 1. The molecule has 2 aromatic carbocycles. The first-order chi connectivity index (χ1) is 12.3. The topological polar surface area (TPSA) is 92.9 Å². The summed E-state index contributed by atoms with van der Waals surface area (Å²) < 4.78 is 33.4. The quantitative estimate of drug-likeness (QED) is 0.682. The molecule has 0 amide bonds. The minimum Gasteiger partial charge on any atom is -0.367 e. The second kappa shape index (κ2) is 11.8. The predicted molar refractivity (Wildman–Crippen MR) is 105 cm³/mol. The lowest BCUT2D eigenvalue weighted by molar-refractivity contribution is 0.0687. The Bertz CT molecular complexity index is 667. The van der Waals surface area contributed by atoms with Crippen LogP contribution in [0.5, 0.6) is 0 Å². The number of hydrogen-bond acceptors (Lipinski definition) is 5. The monoisotopic (exact) mass is 380 g/mol. The van der Waals surface area contributed by atoms with Crippen molar-refractivity contribution in [2.24, 2.45) is 5.73 Å². The molecule has 0 saturated heterocycles. The Morgan fingerprint density at radius 1 is 1.00 bits per heavy atom. The number of nitrogens with zero attached hydrogens (tertiary/aromatic N) is 1. The molecule has 7 heteroatoms. The van der Waals surface area contributed by atoms with Crippen LogP contribution in [0, 0.1) is 0 Å². The van der Waals surface area contributed by atoms with E-state index in [-0.39, 0.29) is 18.4 Å². The van der Waals surface area contributed by atoms with E-state index in [0.717, 1.165) is 13.2 Å². The van der Waals surface area contributed by atoms with E-state index in [0.29, 0.717) is 0 Å². The molecule has 0 saturated carbocycles. The van der Waals surface area contributed by atoms with Gasteiger partial charge < -0.3 is 15.4 Å². The van der Waals surface area contributed by atoms with Crippen molar-refractivity contribution >= 4 is 10.1 Å². The maximum atomic E-state index is 9.71. The number of benzene rings is 2. The standard InChI is InChI=1S/C17H21NO.C2H7NO3S/c1-18(2)13-14-19-17(15-9-5-3-6-10-15)16-11-7-4-8-12-16;3-1-2-7(4,5)6/h3-12,17H,13-14H2,1-2H3;1-3H2,(H,4,5,6). The van der Waals surface area contributed by atoms with Gasteiger partial charge in [0.1, 0.15) is 6.10 Å². The lowest BCUT2D eigenvalue weighted by atomic mass is 10.0. The molecule has 3 N–H and O–H groups in total. The molecule has 0 aliphatic carbocycles. The molecule has 2 rings (SSSR count). The fraction of sp³-hybridized carbons (Fsp3) is 0.368. The molecule has 2 aromatic rings. The van der Waals surface area contributed by atoms with Gasteiger partial charge in [-0.25, -0.2) is 0 Å². The first-order valence-electron chi connectivity index (χ1n) is 8.35. The molecule has 0 aliphatic heterocycles. The van der Waals surface area contributed by atoms with Gasteiger partial charge in [0.2, 0.25) is 0 Å². The van der Waals surface area contributed by atoms with Crippen LogP contribution in [0.2, 0.25) is 0 Å². The van der Waals surface area contributed by atoms with Gasteiger partial charge in [0.15, 0.2) is 0 Å². The second-order valence-corrected chi connectivity index (χ2v) is 7.52. The van der Waals surface area contributed by atoms with E-state index in [4.69, 9.17) is 15.0 Å². The summed E-state index contributed by atoms with van der Waals surface area (Å²) in [6.45, 7) is 1.62. The van der Waals surface area contributed by atoms with E-state index in [1.165, 1.54) is 11.1 Å². The molecule has 0 radical (unpaired) electrons. The van der Waals surface area contributed by atoms with Crippen LogP contribution in [-0.4, -0.2) is 57.4 Å². The van der Waals surface area contributed by atoms with E-state index >= 15 is 0 Å². The third-order valence-corrected chi connectivity index (χ3v) is 4.16. The van der Waals surface area contributed by atoms with Gasteiger partial charge in [0.05, 0.1) is 12.4 Å². The molecule has 0 unspecified atom stereocenters. The molecule has 6 nitrogen and oxygen atoms in total. The predicted octanol–water partition coefficient (Wildman–Crippen LogP) is 2.19. The lowest BCUT2D eigenvalue weighted by Crippen LogP contribution is -2.20. The number of hydrogen-bond donors (Lipinski definition) is 2. The molecule has 144 valence electrons. The van der Waals surface area contributed by atoms with Crippen molar-refractivity contribution in [3.8, 4) is 0 Å². The van der Waals surface area contributed by atoms with E-state index in [1.54, 1.807) is 0 Å². The van der Waals surface area contributed by atoms with E-state index in [2.05, 4.69) is 67.5 Å². The van der Waals surface area contributed by atoms with Gasteiger partial charge >= 0.3 is 0 Å². The average Bonchev–Trinajstić information content (AvgIpc) is 2.59. The Kier molecular flexibility index (Phi) is 10.1. The molecule has 26 heavy (non-hydrogen) atoms. The zero-order valence-corrected chi connectivity index (χ0v) is 16.1. The smallest absolute Gasteiger partial charge is 0.266 e. The SMILES string of the molecule is CN(C)CCOC(c1ccccc1)c1ccccc1.NCCS(=O)(=O)O. The van der Waals surface area contributed by atoms with Crippen molar-refractivity contribution in [1.29, 1.82) is 0 Å². The van der Waals surface area contributed by atoms with Gasteiger partial charge in [0, 0.05) is 13.1 Å². The minimum atomic E-state index is -3.80. The highest BCUT2D eigenvalue weighted by molar-refractivity contribution is 7.85. The van der Waals surface area contributed by atoms with Crippen LogP contribution in [0.1, 0.15) is 17.2 Å². The third kappa shape index (κ3) is 9.65. The highest BCUT2D eigenvalue weighted by atomic mass is 32.2. The van der Waals surface area contributed by atoms with Gasteiger partial charge in [-0.3, -0.25) is 4.55 Å². The molecule has 0 bridgehead atoms. The Labute approximate surface area is 156 Å². The summed E-state index contributed by atoms with van der Waals surface area (Å²) in [6, 6.07) is 20.8. The van der Waals surface area contributed by atoms with Crippen LogP contribution in [0.15, 0.2) is 60.7 Å². The van der Waals surface area contributed by atoms with Crippen molar-refractivity contribution in [1.82, 2.24) is 4.90 Å². The maximum absolute atomic E-state index is 9.71. The Hall–Kier alpha value is -1.77. The molecule has 0 aliphatic rings. The molecule has 0 aromatic heterocycles. The van der Waals surface area contributed by atoms with Crippen molar-refractivity contribution < 1.29 is 17.7 Å². The van der Waals surface area contributed by atoms with Crippen LogP contribution < -0.4 is 5.73 Å². The number of nitrogens with two attached hydrogens (primary N) is 1. The normalized spacial score (nSPS) is 11.3. The average molecular weight is 381 g/mol. The molecular weight excluding hydrogens is 352 g/mol. The van der Waals surface area contributed by atoms with Gasteiger partial charge in [-0.1, -0.05) is 60.7 Å². The Balaban J connectivity index is 0.000000412. The number of rotatable bonds is 8. The molecular formula is C19H28N2O4S. The largest absolute Gasteiger partial charge is 0.367 e. The van der Waals surface area contributed by atoms with Crippen LogP contribution >= 0.6 is 0 Å². The van der Waals surface area contributed by atoms with E-state index < -0.39 is 10.1 Å². The van der Waals surface area contributed by atoms with Crippen molar-refractivity contribution in [3.05, 3.63) is 71.8 Å². The van der Waals surface area contributed by atoms with Gasteiger partial charge in [-0.2, -0.15) is 8.42 Å². The fourth-order valence-electron chi connectivity index (χ4n) is 2.14. The summed E-state index contributed by atoms with van der Waals surface area (Å²) in [5.74, 6) is -0.354. The van der Waals surface area contributed by atoms with Crippen molar-refractivity contribution in [2.75, 3.05) is 39.5 Å². The molecule has 0 atom stereocenters. The van der Waals surface area contributed by atoms with Crippen LogP contribution in [0.25, 0.3) is 0 Å². The van der Waals surface area contributed by atoms with Crippen molar-refractivity contribution in [2.45, 2.75) is 6.10 Å². The van der Waals surface area contributed by atoms with Gasteiger partial charge in [0.25, 0.3) is 10.1 Å². The summed E-state index contributed by atoms with van der Waals surface area (Å²) in [6.07, 6.45) is 0.0161. The maximum Gasteiger partial charge on any atom is 0.266 e. The van der Waals surface area contributed by atoms with Gasteiger partial charge in [-0.15, -0.1) is 0 Å². The number of ether oxygens (including phenoxy) is 1. The lowest BCUT2D eigenvalue weighted by Gasteiger charge is -2.20.